The number of aromatic hydroxyl groups is 1. The number of phenols is 1. The van der Waals surface area contributed by atoms with E-state index in [9.17, 15) is 18.8 Å². The Labute approximate surface area is 121 Å². The van der Waals surface area contributed by atoms with E-state index in [1.165, 1.54) is 18.2 Å². The van der Waals surface area contributed by atoms with Gasteiger partial charge < -0.3 is 14.9 Å². The Morgan fingerprint density at radius 1 is 1.24 bits per heavy atom. The molecule has 6 heteroatoms. The second-order valence-corrected chi connectivity index (χ2v) is 4.42. The van der Waals surface area contributed by atoms with Gasteiger partial charge in [0.2, 0.25) is 0 Å². The average Bonchev–Trinajstić information content (AvgIpc) is 2.93. The van der Waals surface area contributed by atoms with Gasteiger partial charge in [-0.2, -0.15) is 0 Å². The van der Waals surface area contributed by atoms with Gasteiger partial charge in [-0.15, -0.1) is 0 Å². The fourth-order valence-electron chi connectivity index (χ4n) is 1.92. The first-order valence-electron chi connectivity index (χ1n) is 6.22. The molecule has 0 aliphatic heterocycles. The van der Waals surface area contributed by atoms with E-state index in [0.29, 0.717) is 5.56 Å². The van der Waals surface area contributed by atoms with Crippen LogP contribution in [0.5, 0.6) is 11.5 Å². The number of hydrogen-bond donors (Lipinski definition) is 2. The summed E-state index contributed by atoms with van der Waals surface area (Å²) in [7, 11) is -3.05. The number of aliphatic hydroxyl groups is 1. The largest absolute Gasteiger partial charge is 0.796 e. The molecule has 0 saturated heterocycles. The minimum Gasteiger partial charge on any atom is -0.507 e. The van der Waals surface area contributed by atoms with Crippen LogP contribution in [0.25, 0.3) is 5.76 Å². The second-order valence-electron chi connectivity index (χ2n) is 4.42. The lowest BCUT2D eigenvalue weighted by atomic mass is 10.0. The van der Waals surface area contributed by atoms with Crippen molar-refractivity contribution in [2.24, 2.45) is 0 Å². The normalized spacial score (nSPS) is 13.7. The maximum atomic E-state index is 12.5. The fraction of sp³-hybridized carbons (Fsp3) is 0.0667. The molecule has 0 saturated carbocycles. The van der Waals surface area contributed by atoms with Gasteiger partial charge in [-0.1, -0.05) is 36.4 Å². The first-order valence-corrected chi connectivity index (χ1v) is 6.22. The summed E-state index contributed by atoms with van der Waals surface area (Å²) >= 11 is 0. The predicted molar refractivity (Wildman–Crippen MR) is 78.4 cm³/mol. The number of aryl methyl sites for hydroxylation is 1. The van der Waals surface area contributed by atoms with Crippen LogP contribution in [0, 0.1) is 6.92 Å². The molecule has 2 rings (SSSR count). The SMILES string of the molecule is Cc1ccc(O)c(C(O)=CC=C2C=CC=C2)c1OB(F)F. The minimum atomic E-state index is -3.05. The molecule has 1 aliphatic rings. The Balaban J connectivity index is 2.44. The van der Waals surface area contributed by atoms with Crippen LogP contribution < -0.4 is 4.65 Å². The highest BCUT2D eigenvalue weighted by atomic mass is 19.2. The van der Waals surface area contributed by atoms with Crippen molar-refractivity contribution in [1.82, 2.24) is 0 Å². The second kappa shape index (κ2) is 6.30. The van der Waals surface area contributed by atoms with E-state index in [1.807, 2.05) is 24.3 Å². The molecule has 21 heavy (non-hydrogen) atoms. The Bertz CT molecular complexity index is 647. The van der Waals surface area contributed by atoms with Crippen LogP contribution in [0.3, 0.4) is 0 Å². The molecule has 0 aromatic heterocycles. The van der Waals surface area contributed by atoms with E-state index in [-0.39, 0.29) is 22.8 Å². The van der Waals surface area contributed by atoms with E-state index >= 15 is 0 Å². The highest BCUT2D eigenvalue weighted by molar-refractivity contribution is 6.35. The number of hydrogen-bond acceptors (Lipinski definition) is 3. The number of rotatable bonds is 4. The van der Waals surface area contributed by atoms with Gasteiger partial charge in [0.25, 0.3) is 0 Å². The average molecular weight is 290 g/mol. The van der Waals surface area contributed by atoms with Crippen LogP contribution in [-0.2, 0) is 0 Å². The van der Waals surface area contributed by atoms with Gasteiger partial charge in [0.15, 0.2) is 0 Å². The third-order valence-electron chi connectivity index (χ3n) is 2.92. The maximum absolute atomic E-state index is 12.5. The summed E-state index contributed by atoms with van der Waals surface area (Å²) in [6, 6.07) is 2.75. The summed E-state index contributed by atoms with van der Waals surface area (Å²) in [5.74, 6) is -0.927. The molecule has 0 fully saturated rings. The van der Waals surface area contributed by atoms with Crippen LogP contribution in [0.4, 0.5) is 8.63 Å². The molecule has 0 bridgehead atoms. The topological polar surface area (TPSA) is 49.7 Å². The van der Waals surface area contributed by atoms with E-state index in [0.717, 1.165) is 5.57 Å². The van der Waals surface area contributed by atoms with Gasteiger partial charge in [0.05, 0.1) is 5.56 Å². The summed E-state index contributed by atoms with van der Waals surface area (Å²) < 4.78 is 29.4. The van der Waals surface area contributed by atoms with E-state index in [4.69, 9.17) is 0 Å². The summed E-state index contributed by atoms with van der Waals surface area (Å²) in [5.41, 5.74) is 1.07. The lowest BCUT2D eigenvalue weighted by Crippen LogP contribution is -2.11. The van der Waals surface area contributed by atoms with Gasteiger partial charge in [-0.25, -0.2) is 8.63 Å². The Kier molecular flexibility index (Phi) is 4.47. The van der Waals surface area contributed by atoms with Crippen molar-refractivity contribution in [2.75, 3.05) is 0 Å². The molecule has 1 aliphatic carbocycles. The number of benzene rings is 1. The third-order valence-corrected chi connectivity index (χ3v) is 2.92. The lowest BCUT2D eigenvalue weighted by Gasteiger charge is -2.13. The quantitative estimate of drug-likeness (QED) is 0.652. The number of aliphatic hydroxyl groups excluding tert-OH is 1. The highest BCUT2D eigenvalue weighted by Gasteiger charge is 2.24. The van der Waals surface area contributed by atoms with Gasteiger partial charge in [0, 0.05) is 0 Å². The van der Waals surface area contributed by atoms with E-state index in [2.05, 4.69) is 4.65 Å². The van der Waals surface area contributed by atoms with Gasteiger partial charge in [-0.3, -0.25) is 0 Å². The summed E-state index contributed by atoms with van der Waals surface area (Å²) in [6.45, 7) is 1.55. The molecule has 1 aromatic rings. The zero-order valence-corrected chi connectivity index (χ0v) is 11.3. The van der Waals surface area contributed by atoms with Gasteiger partial charge in [0.1, 0.15) is 17.3 Å². The van der Waals surface area contributed by atoms with Crippen molar-refractivity contribution in [3.8, 4) is 11.5 Å². The molecule has 3 nitrogen and oxygen atoms in total. The molecule has 0 atom stereocenters. The standard InChI is InChI=1S/C15H13BF2O3/c1-10-6-8-12(19)14(15(10)21-16(17)18)13(20)9-7-11-4-2-3-5-11/h2-9,19-20H,1H3. The van der Waals surface area contributed by atoms with Crippen molar-refractivity contribution in [3.05, 3.63) is 65.3 Å². The highest BCUT2D eigenvalue weighted by Crippen LogP contribution is 2.36. The molecule has 0 heterocycles. The van der Waals surface area contributed by atoms with Crippen LogP contribution in [-0.4, -0.2) is 17.7 Å². The molecular weight excluding hydrogens is 277 g/mol. The molecule has 1 aromatic carbocycles. The molecular formula is C15H13BF2O3. The van der Waals surface area contributed by atoms with Crippen LogP contribution in [0.2, 0.25) is 0 Å². The van der Waals surface area contributed by atoms with Crippen LogP contribution >= 0.6 is 0 Å². The minimum absolute atomic E-state index is 0.155. The molecule has 0 unspecified atom stereocenters. The number of allylic oxidation sites excluding steroid dienone is 7. The molecule has 0 amide bonds. The summed E-state index contributed by atoms with van der Waals surface area (Å²) in [4.78, 5) is 0. The van der Waals surface area contributed by atoms with Crippen molar-refractivity contribution >= 4 is 13.2 Å². The van der Waals surface area contributed by atoms with Crippen LogP contribution in [0.15, 0.2) is 54.2 Å². The van der Waals surface area contributed by atoms with Crippen molar-refractivity contribution < 1.29 is 23.5 Å². The third kappa shape index (κ3) is 3.53. The molecule has 108 valence electrons. The summed E-state index contributed by atoms with van der Waals surface area (Å²) in [6.07, 6.45) is 10.2. The lowest BCUT2D eigenvalue weighted by molar-refractivity contribution is 0.410. The number of phenolic OH excluding ortho intramolecular Hbond substituents is 1. The van der Waals surface area contributed by atoms with Gasteiger partial charge in [-0.05, 0) is 30.2 Å². The fourth-order valence-corrected chi connectivity index (χ4v) is 1.92. The molecule has 0 spiro atoms. The van der Waals surface area contributed by atoms with Crippen molar-refractivity contribution in [1.29, 1.82) is 0 Å². The Morgan fingerprint density at radius 3 is 2.52 bits per heavy atom. The van der Waals surface area contributed by atoms with Gasteiger partial charge >= 0.3 is 7.47 Å². The maximum Gasteiger partial charge on any atom is 0.796 e. The number of halogens is 2. The zero-order chi connectivity index (χ0) is 15.4. The predicted octanol–water partition coefficient (Wildman–Crippen LogP) is 3.95. The molecule has 2 N–H and O–H groups in total. The smallest absolute Gasteiger partial charge is 0.507 e. The van der Waals surface area contributed by atoms with Crippen LogP contribution in [0.1, 0.15) is 11.1 Å². The Morgan fingerprint density at radius 2 is 1.90 bits per heavy atom. The zero-order valence-electron chi connectivity index (χ0n) is 11.3. The van der Waals surface area contributed by atoms with E-state index < -0.39 is 7.47 Å². The monoisotopic (exact) mass is 290 g/mol. The first-order chi connectivity index (χ1) is 9.99. The van der Waals surface area contributed by atoms with E-state index in [1.54, 1.807) is 13.0 Å². The first kappa shape index (κ1) is 14.9. The molecule has 0 radical (unpaired) electrons. The van der Waals surface area contributed by atoms with Crippen molar-refractivity contribution in [3.63, 3.8) is 0 Å². The summed E-state index contributed by atoms with van der Waals surface area (Å²) in [5, 5.41) is 19.9. The van der Waals surface area contributed by atoms with Crippen molar-refractivity contribution in [2.45, 2.75) is 6.92 Å². The Hall–Kier alpha value is -2.50.